The van der Waals surface area contributed by atoms with E-state index in [4.69, 9.17) is 0 Å². The van der Waals surface area contributed by atoms with Gasteiger partial charge in [-0.1, -0.05) is 127 Å². The van der Waals surface area contributed by atoms with Crippen LogP contribution in [0.1, 0.15) is 0 Å². The quantitative estimate of drug-likeness (QED) is 0.146. The minimum atomic E-state index is 1.24. The molecule has 10 rings (SSSR count). The Bertz CT molecular complexity index is 2730. The predicted octanol–water partition coefficient (Wildman–Crippen LogP) is 12.6. The second-order valence-electron chi connectivity index (χ2n) is 11.6. The summed E-state index contributed by atoms with van der Waals surface area (Å²) in [6, 6.07) is 54.1. The number of hydrogen-bond donors (Lipinski definition) is 0. The lowest BCUT2D eigenvalue weighted by Gasteiger charge is -2.18. The molecule has 0 saturated heterocycles. The smallest absolute Gasteiger partial charge is 0.0433 e. The average Bonchev–Trinajstić information content (AvgIpc) is 3.47. The second-order valence-corrected chi connectivity index (χ2v) is 12.7. The van der Waals surface area contributed by atoms with Crippen molar-refractivity contribution < 1.29 is 0 Å². The van der Waals surface area contributed by atoms with Gasteiger partial charge in [-0.15, -0.1) is 11.3 Å². The van der Waals surface area contributed by atoms with Gasteiger partial charge in [-0.05, 0) is 94.3 Å². The van der Waals surface area contributed by atoms with Crippen molar-refractivity contribution in [2.24, 2.45) is 0 Å². The van der Waals surface area contributed by atoms with Crippen molar-refractivity contribution in [2.75, 3.05) is 0 Å². The van der Waals surface area contributed by atoms with Crippen LogP contribution in [-0.4, -0.2) is 0 Å². The fourth-order valence-corrected chi connectivity index (χ4v) is 8.75. The summed E-state index contributed by atoms with van der Waals surface area (Å²) in [7, 11) is 0. The summed E-state index contributed by atoms with van der Waals surface area (Å²) in [6.07, 6.45) is 0. The molecule has 0 amide bonds. The number of rotatable bonds is 2. The summed E-state index contributed by atoms with van der Waals surface area (Å²) in [4.78, 5) is 0. The van der Waals surface area contributed by atoms with Gasteiger partial charge in [-0.2, -0.15) is 0 Å². The van der Waals surface area contributed by atoms with Gasteiger partial charge < -0.3 is 0 Å². The maximum absolute atomic E-state index is 2.42. The molecule has 0 unspecified atom stereocenters. The minimum Gasteiger partial charge on any atom is -0.135 e. The van der Waals surface area contributed by atoms with Gasteiger partial charge in [0, 0.05) is 20.2 Å². The van der Waals surface area contributed by atoms with E-state index in [0.29, 0.717) is 0 Å². The van der Waals surface area contributed by atoms with E-state index < -0.39 is 0 Å². The Kier molecular flexibility index (Phi) is 4.69. The first-order valence-electron chi connectivity index (χ1n) is 14.9. The van der Waals surface area contributed by atoms with Gasteiger partial charge in [0.1, 0.15) is 0 Å². The maximum atomic E-state index is 2.42. The van der Waals surface area contributed by atoms with Crippen LogP contribution in [0, 0.1) is 0 Å². The Morgan fingerprint density at radius 2 is 0.814 bits per heavy atom. The van der Waals surface area contributed by atoms with Crippen LogP contribution in [-0.2, 0) is 0 Å². The van der Waals surface area contributed by atoms with Crippen LogP contribution in [0.15, 0.2) is 146 Å². The molecule has 0 aliphatic rings. The van der Waals surface area contributed by atoms with E-state index in [-0.39, 0.29) is 0 Å². The lowest BCUT2D eigenvalue weighted by Crippen LogP contribution is -1.90. The highest BCUT2D eigenvalue weighted by molar-refractivity contribution is 7.26. The molecule has 1 aromatic heterocycles. The van der Waals surface area contributed by atoms with Crippen LogP contribution in [0.3, 0.4) is 0 Å². The molecule has 0 aliphatic heterocycles. The third kappa shape index (κ3) is 3.20. The van der Waals surface area contributed by atoms with E-state index in [1.807, 2.05) is 11.3 Å². The molecule has 9 aromatic carbocycles. The Morgan fingerprint density at radius 3 is 1.56 bits per heavy atom. The first kappa shape index (κ1) is 23.3. The zero-order chi connectivity index (χ0) is 28.1. The van der Waals surface area contributed by atoms with Gasteiger partial charge in [0.05, 0.1) is 0 Å². The van der Waals surface area contributed by atoms with Crippen molar-refractivity contribution in [2.45, 2.75) is 0 Å². The Morgan fingerprint density at radius 1 is 0.302 bits per heavy atom. The van der Waals surface area contributed by atoms with Gasteiger partial charge in [0.2, 0.25) is 0 Å². The first-order chi connectivity index (χ1) is 21.3. The molecule has 0 fully saturated rings. The van der Waals surface area contributed by atoms with Crippen LogP contribution >= 0.6 is 11.3 Å². The molecule has 0 radical (unpaired) electrons. The van der Waals surface area contributed by atoms with Crippen molar-refractivity contribution in [1.82, 2.24) is 0 Å². The Hall–Kier alpha value is -5.24. The molecule has 0 spiro atoms. The van der Waals surface area contributed by atoms with E-state index in [0.717, 1.165) is 0 Å². The second kappa shape index (κ2) is 8.64. The molecule has 10 aromatic rings. The lowest BCUT2D eigenvalue weighted by molar-refractivity contribution is 1.63. The first-order valence-corrected chi connectivity index (χ1v) is 15.7. The lowest BCUT2D eigenvalue weighted by atomic mass is 9.85. The molecular weight excluding hydrogens is 537 g/mol. The van der Waals surface area contributed by atoms with Gasteiger partial charge in [-0.25, -0.2) is 0 Å². The summed E-state index contributed by atoms with van der Waals surface area (Å²) in [5.74, 6) is 0. The SMILES string of the molecule is c1cc(-c2ccc3c(c2)c2cccc4c5ccccc5c5cccc3c5c42)cc(-c2cccc3c2sc2ccccc23)c1. The monoisotopic (exact) mass is 560 g/mol. The molecule has 43 heavy (non-hydrogen) atoms. The van der Waals surface area contributed by atoms with Crippen LogP contribution < -0.4 is 0 Å². The maximum Gasteiger partial charge on any atom is 0.0433 e. The van der Waals surface area contributed by atoms with Gasteiger partial charge in [-0.3, -0.25) is 0 Å². The van der Waals surface area contributed by atoms with Gasteiger partial charge in [0.25, 0.3) is 0 Å². The largest absolute Gasteiger partial charge is 0.135 e. The number of fused-ring (bicyclic) bond motifs is 9. The molecule has 0 atom stereocenters. The fraction of sp³-hybridized carbons (Fsp3) is 0. The molecular formula is C42H24S. The minimum absolute atomic E-state index is 1.24. The molecule has 0 aliphatic carbocycles. The highest BCUT2D eigenvalue weighted by Gasteiger charge is 2.17. The third-order valence-electron chi connectivity index (χ3n) is 9.40. The van der Waals surface area contributed by atoms with Crippen molar-refractivity contribution in [3.8, 4) is 22.3 Å². The van der Waals surface area contributed by atoms with Crippen molar-refractivity contribution in [1.29, 1.82) is 0 Å². The van der Waals surface area contributed by atoms with Crippen LogP contribution in [0.25, 0.3) is 96.3 Å². The number of benzene rings is 9. The molecule has 0 nitrogen and oxygen atoms in total. The number of hydrogen-bond acceptors (Lipinski definition) is 1. The molecule has 0 N–H and O–H groups in total. The Balaban J connectivity index is 1.23. The van der Waals surface area contributed by atoms with Crippen LogP contribution in [0.2, 0.25) is 0 Å². The predicted molar refractivity (Wildman–Crippen MR) is 189 cm³/mol. The van der Waals surface area contributed by atoms with Gasteiger partial charge in [0.15, 0.2) is 0 Å². The van der Waals surface area contributed by atoms with Crippen LogP contribution in [0.4, 0.5) is 0 Å². The van der Waals surface area contributed by atoms with Crippen molar-refractivity contribution in [3.05, 3.63) is 146 Å². The van der Waals surface area contributed by atoms with Crippen molar-refractivity contribution >= 4 is 85.4 Å². The average molecular weight is 561 g/mol. The zero-order valence-electron chi connectivity index (χ0n) is 23.3. The number of thiophene rings is 1. The normalized spacial score (nSPS) is 12.2. The summed E-state index contributed by atoms with van der Waals surface area (Å²) in [6.45, 7) is 0. The fourth-order valence-electron chi connectivity index (χ4n) is 7.52. The summed E-state index contributed by atoms with van der Waals surface area (Å²) >= 11 is 1.89. The van der Waals surface area contributed by atoms with Crippen molar-refractivity contribution in [3.63, 3.8) is 0 Å². The van der Waals surface area contributed by atoms with E-state index in [1.165, 1.54) is 96.3 Å². The molecule has 0 saturated carbocycles. The molecule has 0 bridgehead atoms. The molecule has 1 heterocycles. The highest BCUT2D eigenvalue weighted by atomic mass is 32.1. The summed E-state index contributed by atoms with van der Waals surface area (Å²) < 4.78 is 2.70. The summed E-state index contributed by atoms with van der Waals surface area (Å²) in [5, 5.41) is 16.1. The molecule has 1 heteroatoms. The zero-order valence-corrected chi connectivity index (χ0v) is 24.1. The topological polar surface area (TPSA) is 0 Å². The standard InChI is InChI=1S/C42H24S/c1-2-12-30-29(11-1)33-15-7-17-35-31-22-21-26(24-38(31)36-18-8-16-34(30)41(36)40(33)35)25-9-5-10-27(23-25)28-14-6-19-37-32-13-3-4-20-39(32)43-42(28)37/h1-24H. The molecule has 198 valence electrons. The summed E-state index contributed by atoms with van der Waals surface area (Å²) in [5.41, 5.74) is 5.05. The van der Waals surface area contributed by atoms with Gasteiger partial charge >= 0.3 is 0 Å². The third-order valence-corrected chi connectivity index (χ3v) is 10.6. The van der Waals surface area contributed by atoms with E-state index >= 15 is 0 Å². The Labute approximate surface area is 252 Å². The van der Waals surface area contributed by atoms with E-state index in [9.17, 15) is 0 Å². The van der Waals surface area contributed by atoms with E-state index in [1.54, 1.807) is 0 Å². The van der Waals surface area contributed by atoms with Crippen LogP contribution in [0.5, 0.6) is 0 Å². The highest BCUT2D eigenvalue weighted by Crippen LogP contribution is 2.46. The van der Waals surface area contributed by atoms with E-state index in [2.05, 4.69) is 146 Å².